The number of carbonyl (C=O) groups is 1. The van der Waals surface area contributed by atoms with Crippen LogP contribution in [0.3, 0.4) is 0 Å². The van der Waals surface area contributed by atoms with Gasteiger partial charge in [-0.1, -0.05) is 11.8 Å². The zero-order valence-electron chi connectivity index (χ0n) is 9.53. The molecular formula is C10H11N5O2S. The van der Waals surface area contributed by atoms with Gasteiger partial charge in [-0.3, -0.25) is 15.2 Å². The summed E-state index contributed by atoms with van der Waals surface area (Å²) in [6.07, 6.45) is 3.27. The smallest absolute Gasteiger partial charge is 0.277 e. The molecule has 0 spiro atoms. The van der Waals surface area contributed by atoms with E-state index < -0.39 is 5.25 Å². The minimum atomic E-state index is -0.402. The average molecular weight is 265 g/mol. The van der Waals surface area contributed by atoms with Crippen molar-refractivity contribution in [3.63, 3.8) is 0 Å². The number of carbonyl (C=O) groups excluding carboxylic acids is 1. The molecule has 0 saturated carbocycles. The number of pyridine rings is 1. The van der Waals surface area contributed by atoms with Gasteiger partial charge >= 0.3 is 0 Å². The molecule has 0 saturated heterocycles. The highest BCUT2D eigenvalue weighted by Gasteiger charge is 2.17. The number of nitrogens with zero attached hydrogens (tertiary/aromatic N) is 3. The molecular weight excluding hydrogens is 254 g/mol. The number of thioether (sulfide) groups is 1. The Balaban J connectivity index is 2.09. The Morgan fingerprint density at radius 2 is 2.17 bits per heavy atom. The van der Waals surface area contributed by atoms with E-state index in [9.17, 15) is 4.79 Å². The fourth-order valence-corrected chi connectivity index (χ4v) is 1.88. The quantitative estimate of drug-likeness (QED) is 0.361. The van der Waals surface area contributed by atoms with Crippen LogP contribution in [0.5, 0.6) is 0 Å². The van der Waals surface area contributed by atoms with Crippen molar-refractivity contribution < 1.29 is 9.21 Å². The van der Waals surface area contributed by atoms with E-state index >= 15 is 0 Å². The van der Waals surface area contributed by atoms with Gasteiger partial charge in [-0.15, -0.1) is 10.2 Å². The van der Waals surface area contributed by atoms with Crippen molar-refractivity contribution in [1.82, 2.24) is 20.6 Å². The SMILES string of the molecule is C[C@H](Sc1nnc(-c2ccncc2)o1)C(=O)NN. The summed E-state index contributed by atoms with van der Waals surface area (Å²) in [4.78, 5) is 15.1. The maximum Gasteiger partial charge on any atom is 0.277 e. The Hall–Kier alpha value is -1.93. The predicted octanol–water partition coefficient (Wildman–Crippen LogP) is 0.602. The first-order valence-electron chi connectivity index (χ1n) is 5.11. The Labute approximate surface area is 107 Å². The number of hydrogen-bond acceptors (Lipinski definition) is 7. The van der Waals surface area contributed by atoms with Crippen LogP contribution < -0.4 is 11.3 Å². The predicted molar refractivity (Wildman–Crippen MR) is 65.2 cm³/mol. The normalized spacial score (nSPS) is 12.1. The van der Waals surface area contributed by atoms with Crippen molar-refractivity contribution in [2.45, 2.75) is 17.4 Å². The highest BCUT2D eigenvalue weighted by atomic mass is 32.2. The monoisotopic (exact) mass is 265 g/mol. The van der Waals surface area contributed by atoms with Crippen molar-refractivity contribution in [3.05, 3.63) is 24.5 Å². The molecule has 0 aliphatic rings. The summed E-state index contributed by atoms with van der Waals surface area (Å²) in [5.74, 6) is 5.12. The fourth-order valence-electron chi connectivity index (χ4n) is 1.19. The summed E-state index contributed by atoms with van der Waals surface area (Å²) >= 11 is 1.14. The Morgan fingerprint density at radius 3 is 2.83 bits per heavy atom. The van der Waals surface area contributed by atoms with Gasteiger partial charge in [0.2, 0.25) is 11.8 Å². The van der Waals surface area contributed by atoms with Crippen LogP contribution in [-0.4, -0.2) is 26.3 Å². The number of nitrogens with one attached hydrogen (secondary N) is 1. The number of amides is 1. The second-order valence-electron chi connectivity index (χ2n) is 3.38. The van der Waals surface area contributed by atoms with Crippen LogP contribution in [0.25, 0.3) is 11.5 Å². The van der Waals surface area contributed by atoms with E-state index in [4.69, 9.17) is 10.3 Å². The third kappa shape index (κ3) is 2.84. The van der Waals surface area contributed by atoms with Crippen molar-refractivity contribution >= 4 is 17.7 Å². The molecule has 18 heavy (non-hydrogen) atoms. The molecule has 0 fully saturated rings. The van der Waals surface area contributed by atoms with Gasteiger partial charge in [0.05, 0.1) is 5.25 Å². The molecule has 2 rings (SSSR count). The largest absolute Gasteiger partial charge is 0.411 e. The lowest BCUT2D eigenvalue weighted by Gasteiger charge is -2.04. The van der Waals surface area contributed by atoms with Crippen molar-refractivity contribution in [2.75, 3.05) is 0 Å². The molecule has 7 nitrogen and oxygen atoms in total. The lowest BCUT2D eigenvalue weighted by molar-refractivity contribution is -0.120. The molecule has 0 bridgehead atoms. The third-order valence-corrected chi connectivity index (χ3v) is 3.06. The Morgan fingerprint density at radius 1 is 1.44 bits per heavy atom. The molecule has 8 heteroatoms. The second kappa shape index (κ2) is 5.61. The molecule has 0 radical (unpaired) electrons. The van der Waals surface area contributed by atoms with Crippen molar-refractivity contribution in [2.24, 2.45) is 5.84 Å². The van der Waals surface area contributed by atoms with Gasteiger partial charge in [0.15, 0.2) is 0 Å². The molecule has 0 unspecified atom stereocenters. The summed E-state index contributed by atoms with van der Waals surface area (Å²) in [7, 11) is 0. The molecule has 1 atom stereocenters. The van der Waals surface area contributed by atoms with Gasteiger partial charge in [0, 0.05) is 18.0 Å². The Kier molecular flexibility index (Phi) is 3.90. The van der Waals surface area contributed by atoms with Crippen molar-refractivity contribution in [3.8, 4) is 11.5 Å². The highest BCUT2D eigenvalue weighted by molar-refractivity contribution is 8.00. The summed E-state index contributed by atoms with van der Waals surface area (Å²) in [6, 6.07) is 3.52. The first-order chi connectivity index (χ1) is 8.70. The molecule has 2 aromatic heterocycles. The summed E-state index contributed by atoms with van der Waals surface area (Å²) in [5, 5.41) is 7.67. The molecule has 3 N–H and O–H groups in total. The van der Waals surface area contributed by atoms with Crippen LogP contribution in [0.4, 0.5) is 0 Å². The first-order valence-corrected chi connectivity index (χ1v) is 5.99. The Bertz CT molecular complexity index is 530. The lowest BCUT2D eigenvalue weighted by Crippen LogP contribution is -2.36. The van der Waals surface area contributed by atoms with E-state index in [-0.39, 0.29) is 5.91 Å². The van der Waals surface area contributed by atoms with Gasteiger partial charge < -0.3 is 4.42 Å². The number of nitrogens with two attached hydrogens (primary N) is 1. The summed E-state index contributed by atoms with van der Waals surface area (Å²) in [5.41, 5.74) is 2.84. The third-order valence-electron chi connectivity index (χ3n) is 2.12. The standard InChI is InChI=1S/C10H11N5O2S/c1-6(8(16)13-11)18-10-15-14-9(17-10)7-2-4-12-5-3-7/h2-6H,11H2,1H3,(H,13,16)/t6-/m0/s1. The van der Waals surface area contributed by atoms with Crippen LogP contribution in [0, 0.1) is 0 Å². The molecule has 2 aromatic rings. The lowest BCUT2D eigenvalue weighted by atomic mass is 10.3. The minimum absolute atomic E-state index is 0.302. The van der Waals surface area contributed by atoms with Gasteiger partial charge in [-0.05, 0) is 19.1 Å². The molecule has 94 valence electrons. The second-order valence-corrected chi connectivity index (χ2v) is 4.67. The molecule has 0 aliphatic carbocycles. The van der Waals surface area contributed by atoms with Crippen LogP contribution in [0.1, 0.15) is 6.92 Å². The van der Waals surface area contributed by atoms with Gasteiger partial charge in [0.25, 0.3) is 5.22 Å². The summed E-state index contributed by atoms with van der Waals surface area (Å²) < 4.78 is 5.43. The number of aromatic nitrogens is 3. The van der Waals surface area contributed by atoms with Crippen LogP contribution in [0.2, 0.25) is 0 Å². The van der Waals surface area contributed by atoms with Gasteiger partial charge in [-0.25, -0.2) is 5.84 Å². The van der Waals surface area contributed by atoms with Crippen molar-refractivity contribution in [1.29, 1.82) is 0 Å². The van der Waals surface area contributed by atoms with Crippen LogP contribution in [0.15, 0.2) is 34.2 Å². The topological polar surface area (TPSA) is 107 Å². The maximum atomic E-state index is 11.2. The van der Waals surface area contributed by atoms with E-state index in [0.29, 0.717) is 11.1 Å². The highest BCUT2D eigenvalue weighted by Crippen LogP contribution is 2.25. The molecule has 1 amide bonds. The maximum absolute atomic E-state index is 11.2. The first kappa shape index (κ1) is 12.5. The van der Waals surface area contributed by atoms with E-state index in [1.807, 2.05) is 0 Å². The average Bonchev–Trinajstić information content (AvgIpc) is 2.87. The van der Waals surface area contributed by atoms with E-state index in [2.05, 4.69) is 20.6 Å². The van der Waals surface area contributed by atoms with Gasteiger partial charge in [0.1, 0.15) is 0 Å². The molecule has 0 aliphatic heterocycles. The van der Waals surface area contributed by atoms with Gasteiger partial charge in [-0.2, -0.15) is 0 Å². The van der Waals surface area contributed by atoms with E-state index in [0.717, 1.165) is 17.3 Å². The fraction of sp³-hybridized carbons (Fsp3) is 0.200. The summed E-state index contributed by atoms with van der Waals surface area (Å²) in [6.45, 7) is 1.70. The minimum Gasteiger partial charge on any atom is -0.411 e. The van der Waals surface area contributed by atoms with Crippen LogP contribution >= 0.6 is 11.8 Å². The molecule has 0 aromatic carbocycles. The molecule has 2 heterocycles. The zero-order valence-corrected chi connectivity index (χ0v) is 10.3. The zero-order chi connectivity index (χ0) is 13.0. The number of hydrazine groups is 1. The van der Waals surface area contributed by atoms with Crippen LogP contribution in [-0.2, 0) is 4.79 Å². The number of rotatable bonds is 4. The van der Waals surface area contributed by atoms with E-state index in [1.54, 1.807) is 31.5 Å². The number of hydrogen-bond donors (Lipinski definition) is 2. The van der Waals surface area contributed by atoms with E-state index in [1.165, 1.54) is 0 Å².